The van der Waals surface area contributed by atoms with Gasteiger partial charge in [0.15, 0.2) is 5.52 Å². The average molecular weight is 460 g/mol. The topological polar surface area (TPSA) is 86.4 Å². The Labute approximate surface area is 181 Å². The van der Waals surface area contributed by atoms with Crippen LogP contribution in [-0.2, 0) is 18.4 Å². The molecule has 1 aliphatic rings. The van der Waals surface area contributed by atoms with Crippen LogP contribution in [0.25, 0.3) is 11.0 Å². The van der Waals surface area contributed by atoms with Gasteiger partial charge < -0.3 is 9.45 Å². The summed E-state index contributed by atoms with van der Waals surface area (Å²) in [5, 5.41) is 0.0813. The Bertz CT molecular complexity index is 1060. The van der Waals surface area contributed by atoms with Gasteiger partial charge in [-0.1, -0.05) is 16.0 Å². The van der Waals surface area contributed by atoms with Crippen molar-refractivity contribution in [1.29, 1.82) is 0 Å². The van der Waals surface area contributed by atoms with E-state index in [9.17, 15) is 18.1 Å². The monoisotopic (exact) mass is 459 g/mol. The number of anilines is 1. The Morgan fingerprint density at radius 2 is 1.87 bits per heavy atom. The molecule has 0 radical (unpaired) electrons. The highest BCUT2D eigenvalue weighted by molar-refractivity contribution is 7.91. The summed E-state index contributed by atoms with van der Waals surface area (Å²) in [6.07, 6.45) is -0.616. The Morgan fingerprint density at radius 3 is 2.43 bits per heavy atom. The van der Waals surface area contributed by atoms with E-state index in [0.717, 1.165) is 0 Å². The predicted octanol–water partition coefficient (Wildman–Crippen LogP) is 3.49. The van der Waals surface area contributed by atoms with Crippen LogP contribution in [0.2, 0.25) is 5.15 Å². The summed E-state index contributed by atoms with van der Waals surface area (Å²) < 4.78 is 44.6. The van der Waals surface area contributed by atoms with Gasteiger partial charge in [0.25, 0.3) is 11.5 Å². The van der Waals surface area contributed by atoms with Gasteiger partial charge in [-0.15, -0.1) is 0 Å². The Hall–Kier alpha value is -1.78. The molecule has 1 saturated heterocycles. The number of halogens is 3. The number of hydrogen-bond donors (Lipinski definition) is 0. The molecule has 1 fully saturated rings. The summed E-state index contributed by atoms with van der Waals surface area (Å²) in [6, 6.07) is 1.52. The first-order valence-corrected chi connectivity index (χ1v) is 11.0. The van der Waals surface area contributed by atoms with Crippen LogP contribution in [0.5, 0.6) is 0 Å². The fourth-order valence-corrected chi connectivity index (χ4v) is 3.91. The van der Waals surface area contributed by atoms with Crippen molar-refractivity contribution in [2.45, 2.75) is 51.2 Å². The highest BCUT2D eigenvalue weighted by Gasteiger charge is 2.35. The molecule has 2 aromatic rings. The van der Waals surface area contributed by atoms with Crippen LogP contribution in [0.3, 0.4) is 0 Å². The van der Waals surface area contributed by atoms with Crippen LogP contribution in [0.1, 0.15) is 46.1 Å². The first-order valence-electron chi connectivity index (χ1n) is 9.48. The van der Waals surface area contributed by atoms with E-state index in [1.54, 1.807) is 32.6 Å². The third-order valence-electron chi connectivity index (χ3n) is 4.89. The lowest BCUT2D eigenvalue weighted by atomic mass is 10.1. The Balaban J connectivity index is 2.16. The molecule has 0 unspecified atom stereocenters. The van der Waals surface area contributed by atoms with E-state index in [1.807, 2.05) is 0 Å². The first kappa shape index (κ1) is 22.9. The van der Waals surface area contributed by atoms with Gasteiger partial charge >= 0.3 is 0 Å². The van der Waals surface area contributed by atoms with Gasteiger partial charge in [0, 0.05) is 38.5 Å². The minimum absolute atomic E-state index is 0.0437. The van der Waals surface area contributed by atoms with Gasteiger partial charge in [-0.05, 0) is 33.8 Å². The summed E-state index contributed by atoms with van der Waals surface area (Å²) >= 11 is 4.60. The Morgan fingerprint density at radius 1 is 1.27 bits per heavy atom. The number of pyridine rings is 1. The number of nitrogens with zero attached hydrogens (tertiary/aromatic N) is 5. The second-order valence-electron chi connectivity index (χ2n) is 8.35. The van der Waals surface area contributed by atoms with Crippen LogP contribution in [0.15, 0.2) is 15.3 Å². The summed E-state index contributed by atoms with van der Waals surface area (Å²) in [4.78, 5) is 23.3. The molecule has 0 spiro atoms. The standard InChI is InChI=1S/C19H24ClF2N5O2S/c1-11(25-30(29)18(2,3)4)12-10-13(20)23-15-14(12)24-17(26(5)16(15)28)27-8-6-19(21,22)7-9-27/h10H,6-9H2,1-5H3/t30-/m1/s1. The van der Waals surface area contributed by atoms with E-state index < -0.39 is 27.6 Å². The number of hydrogen-bond acceptors (Lipinski definition) is 6. The number of alkyl halides is 2. The molecule has 0 aliphatic carbocycles. The smallest absolute Gasteiger partial charge is 0.281 e. The van der Waals surface area contributed by atoms with Crippen LogP contribution >= 0.6 is 11.6 Å². The molecule has 1 atom stereocenters. The number of fused-ring (bicyclic) bond motifs is 1. The van der Waals surface area contributed by atoms with Crippen molar-refractivity contribution in [1.82, 2.24) is 14.5 Å². The zero-order valence-corrected chi connectivity index (χ0v) is 19.1. The molecule has 11 heteroatoms. The summed E-state index contributed by atoms with van der Waals surface area (Å²) in [6.45, 7) is 7.23. The lowest BCUT2D eigenvalue weighted by Crippen LogP contribution is -2.42. The van der Waals surface area contributed by atoms with Crippen molar-refractivity contribution < 1.29 is 13.3 Å². The molecule has 0 saturated carbocycles. The van der Waals surface area contributed by atoms with Gasteiger partial charge in [0.2, 0.25) is 5.95 Å². The predicted molar refractivity (Wildman–Crippen MR) is 116 cm³/mol. The molecule has 30 heavy (non-hydrogen) atoms. The zero-order valence-electron chi connectivity index (χ0n) is 17.5. The molecule has 0 aromatic carbocycles. The van der Waals surface area contributed by atoms with Crippen LogP contribution in [0.4, 0.5) is 14.7 Å². The molecule has 0 amide bonds. The van der Waals surface area contributed by atoms with E-state index in [4.69, 9.17) is 11.6 Å². The molecule has 2 aromatic heterocycles. The number of rotatable bonds is 3. The second-order valence-corrected chi connectivity index (χ2v) is 10.6. The van der Waals surface area contributed by atoms with E-state index in [2.05, 4.69) is 14.4 Å². The quantitative estimate of drug-likeness (QED) is 0.398. The second kappa shape index (κ2) is 8.05. The van der Waals surface area contributed by atoms with Gasteiger partial charge in [0.1, 0.15) is 26.8 Å². The molecule has 3 rings (SSSR count). The maximum atomic E-state index is 13.6. The van der Waals surface area contributed by atoms with Gasteiger partial charge in [-0.2, -0.15) is 0 Å². The van der Waals surface area contributed by atoms with Crippen molar-refractivity contribution in [3.63, 3.8) is 0 Å². The van der Waals surface area contributed by atoms with Gasteiger partial charge in [-0.25, -0.2) is 18.7 Å². The average Bonchev–Trinajstić information content (AvgIpc) is 2.64. The van der Waals surface area contributed by atoms with Crippen LogP contribution in [0, 0.1) is 0 Å². The fourth-order valence-electron chi connectivity index (χ4n) is 3.10. The van der Waals surface area contributed by atoms with Crippen LogP contribution in [-0.4, -0.2) is 48.6 Å². The molecule has 0 bridgehead atoms. The van der Waals surface area contributed by atoms with Crippen molar-refractivity contribution in [2.24, 2.45) is 11.4 Å². The van der Waals surface area contributed by atoms with Crippen molar-refractivity contribution in [2.75, 3.05) is 18.0 Å². The lowest BCUT2D eigenvalue weighted by molar-refractivity contribution is -0.0223. The third-order valence-corrected chi connectivity index (χ3v) is 6.57. The van der Waals surface area contributed by atoms with Crippen molar-refractivity contribution in [3.05, 3.63) is 27.1 Å². The third kappa shape index (κ3) is 4.60. The van der Waals surface area contributed by atoms with Crippen molar-refractivity contribution in [3.8, 4) is 0 Å². The maximum Gasteiger partial charge on any atom is 0.281 e. The van der Waals surface area contributed by atoms with E-state index in [1.165, 1.54) is 17.7 Å². The number of aromatic nitrogens is 3. The molecule has 0 N–H and O–H groups in total. The summed E-state index contributed by atoms with van der Waals surface area (Å²) in [5.41, 5.74) is 0.684. The normalized spacial score (nSPS) is 18.7. The van der Waals surface area contributed by atoms with E-state index in [-0.39, 0.29) is 48.1 Å². The molecular formula is C19H24ClF2N5O2S. The molecule has 7 nitrogen and oxygen atoms in total. The Kier molecular flexibility index (Phi) is 6.14. The van der Waals surface area contributed by atoms with Crippen LogP contribution < -0.4 is 10.5 Å². The minimum Gasteiger partial charge on any atom is -0.591 e. The highest BCUT2D eigenvalue weighted by Crippen LogP contribution is 2.30. The summed E-state index contributed by atoms with van der Waals surface area (Å²) in [7, 11) is 1.52. The van der Waals surface area contributed by atoms with E-state index in [0.29, 0.717) is 11.3 Å². The molecular weight excluding hydrogens is 436 g/mol. The molecule has 3 heterocycles. The van der Waals surface area contributed by atoms with Gasteiger partial charge in [0.05, 0.1) is 5.71 Å². The molecule has 1 aliphatic heterocycles. The number of piperidine rings is 1. The molecule has 164 valence electrons. The first-order chi connectivity index (χ1) is 13.8. The lowest BCUT2D eigenvalue weighted by Gasteiger charge is -2.33. The SMILES string of the molecule is CC(=N[S@+]([O-])C(C)(C)C)c1cc(Cl)nc2c(=O)n(C)c(N3CCC(F)(F)CC3)nc12. The zero-order chi connectivity index (χ0) is 22.4. The summed E-state index contributed by atoms with van der Waals surface area (Å²) in [5.74, 6) is -2.44. The minimum atomic E-state index is -2.72. The van der Waals surface area contributed by atoms with E-state index >= 15 is 0 Å². The maximum absolute atomic E-state index is 13.6. The highest BCUT2D eigenvalue weighted by atomic mass is 35.5. The van der Waals surface area contributed by atoms with Gasteiger partial charge in [-0.3, -0.25) is 9.36 Å². The fraction of sp³-hybridized carbons (Fsp3) is 0.579. The van der Waals surface area contributed by atoms with Crippen molar-refractivity contribution >= 4 is 45.7 Å². The largest absolute Gasteiger partial charge is 0.591 e.